The van der Waals surface area contributed by atoms with E-state index in [4.69, 9.17) is 0 Å². The van der Waals surface area contributed by atoms with Gasteiger partial charge in [-0.15, -0.1) is 5.10 Å². The Balaban J connectivity index is 1.57. The van der Waals surface area contributed by atoms with Gasteiger partial charge in [0.15, 0.2) is 5.65 Å². The molecule has 1 aliphatic heterocycles. The van der Waals surface area contributed by atoms with Crippen molar-refractivity contribution in [3.05, 3.63) is 23.9 Å². The Morgan fingerprint density at radius 1 is 1.37 bits per heavy atom. The summed E-state index contributed by atoms with van der Waals surface area (Å²) in [7, 11) is 0. The average Bonchev–Trinajstić information content (AvgIpc) is 2.84. The van der Waals surface area contributed by atoms with Crippen LogP contribution in [0.4, 0.5) is 5.95 Å². The first-order chi connectivity index (χ1) is 9.33. The quantitative estimate of drug-likeness (QED) is 0.917. The third kappa shape index (κ3) is 3.01. The van der Waals surface area contributed by atoms with Gasteiger partial charge in [0.25, 0.3) is 0 Å². The Kier molecular flexibility index (Phi) is 3.89. The molecule has 0 bridgehead atoms. The fraction of sp³-hybridized carbons (Fsp3) is 0.538. The molecule has 0 atom stereocenters. The van der Waals surface area contributed by atoms with Gasteiger partial charge in [0.1, 0.15) is 0 Å². The van der Waals surface area contributed by atoms with Crippen LogP contribution in [0.2, 0.25) is 0 Å². The molecule has 5 nitrogen and oxygen atoms in total. The Labute approximate surface area is 117 Å². The van der Waals surface area contributed by atoms with Gasteiger partial charge in [0.05, 0.1) is 0 Å². The lowest BCUT2D eigenvalue weighted by Gasteiger charge is -2.25. The van der Waals surface area contributed by atoms with Gasteiger partial charge >= 0.3 is 0 Å². The number of nitrogens with one attached hydrogen (secondary N) is 1. The first kappa shape index (κ1) is 12.7. The number of rotatable bonds is 4. The predicted octanol–water partition coefficient (Wildman–Crippen LogP) is 1.50. The van der Waals surface area contributed by atoms with Gasteiger partial charge < -0.3 is 5.32 Å². The summed E-state index contributed by atoms with van der Waals surface area (Å²) >= 11 is 2.04. The van der Waals surface area contributed by atoms with Crippen LogP contribution in [0, 0.1) is 6.92 Å². The number of anilines is 1. The highest BCUT2D eigenvalue weighted by Gasteiger charge is 2.10. The highest BCUT2D eigenvalue weighted by Crippen LogP contribution is 2.10. The van der Waals surface area contributed by atoms with E-state index in [-0.39, 0.29) is 0 Å². The highest BCUT2D eigenvalue weighted by molar-refractivity contribution is 7.99. The van der Waals surface area contributed by atoms with Crippen molar-refractivity contribution in [3.8, 4) is 0 Å². The van der Waals surface area contributed by atoms with Crippen LogP contribution in [-0.2, 0) is 0 Å². The summed E-state index contributed by atoms with van der Waals surface area (Å²) in [6.07, 6.45) is 1.93. The smallest absolute Gasteiger partial charge is 0.243 e. The number of hydrogen-bond acceptors (Lipinski definition) is 5. The number of fused-ring (bicyclic) bond motifs is 1. The molecule has 2 aromatic rings. The maximum Gasteiger partial charge on any atom is 0.243 e. The monoisotopic (exact) mass is 277 g/mol. The molecular weight excluding hydrogens is 258 g/mol. The number of nitrogens with zero attached hydrogens (tertiary/aromatic N) is 4. The van der Waals surface area contributed by atoms with Gasteiger partial charge in [-0.05, 0) is 18.6 Å². The number of thioether (sulfide) groups is 1. The standard InChI is InChI=1S/C13H19N5S/c1-11-3-2-5-18-12(11)15-13(16-18)14-4-6-17-7-9-19-10-8-17/h2-3,5H,4,6-10H2,1H3,(H,14,16). The number of aryl methyl sites for hydroxylation is 1. The molecule has 0 spiro atoms. The van der Waals surface area contributed by atoms with E-state index in [2.05, 4.69) is 33.3 Å². The summed E-state index contributed by atoms with van der Waals surface area (Å²) in [4.78, 5) is 7.00. The van der Waals surface area contributed by atoms with Gasteiger partial charge in [-0.3, -0.25) is 4.90 Å². The first-order valence-electron chi connectivity index (χ1n) is 6.69. The summed E-state index contributed by atoms with van der Waals surface area (Å²) in [5, 5.41) is 7.75. The molecule has 1 aliphatic rings. The minimum absolute atomic E-state index is 0.723. The van der Waals surface area contributed by atoms with Crippen molar-refractivity contribution in [2.24, 2.45) is 0 Å². The molecular formula is C13H19N5S. The maximum absolute atomic E-state index is 4.51. The average molecular weight is 277 g/mol. The van der Waals surface area contributed by atoms with Crippen LogP contribution in [0.15, 0.2) is 18.3 Å². The minimum Gasteiger partial charge on any atom is -0.352 e. The second-order valence-electron chi connectivity index (χ2n) is 4.78. The number of pyridine rings is 1. The molecule has 0 aromatic carbocycles. The SMILES string of the molecule is Cc1cccn2nc(NCCN3CCSCC3)nc12. The molecule has 1 N–H and O–H groups in total. The Morgan fingerprint density at radius 3 is 3.00 bits per heavy atom. The van der Waals surface area contributed by atoms with E-state index in [1.165, 1.54) is 24.6 Å². The molecule has 1 saturated heterocycles. The summed E-state index contributed by atoms with van der Waals surface area (Å²) in [5.74, 6) is 3.23. The molecule has 19 heavy (non-hydrogen) atoms. The lowest BCUT2D eigenvalue weighted by atomic mass is 10.3. The Hall–Kier alpha value is -1.27. The van der Waals surface area contributed by atoms with Crippen LogP contribution >= 0.6 is 11.8 Å². The zero-order valence-electron chi connectivity index (χ0n) is 11.2. The van der Waals surface area contributed by atoms with Gasteiger partial charge in [-0.2, -0.15) is 16.7 Å². The van der Waals surface area contributed by atoms with E-state index in [0.29, 0.717) is 0 Å². The highest BCUT2D eigenvalue weighted by atomic mass is 32.2. The van der Waals surface area contributed by atoms with Crippen molar-refractivity contribution in [3.63, 3.8) is 0 Å². The van der Waals surface area contributed by atoms with Gasteiger partial charge in [-0.1, -0.05) is 6.07 Å². The summed E-state index contributed by atoms with van der Waals surface area (Å²) < 4.78 is 1.83. The maximum atomic E-state index is 4.51. The van der Waals surface area contributed by atoms with Crippen LogP contribution < -0.4 is 5.32 Å². The van der Waals surface area contributed by atoms with Crippen LogP contribution in [0.1, 0.15) is 5.56 Å². The zero-order valence-corrected chi connectivity index (χ0v) is 12.0. The first-order valence-corrected chi connectivity index (χ1v) is 7.84. The van der Waals surface area contributed by atoms with Crippen LogP contribution in [0.5, 0.6) is 0 Å². The largest absolute Gasteiger partial charge is 0.352 e. The molecule has 0 aliphatic carbocycles. The van der Waals surface area contributed by atoms with Crippen molar-refractivity contribution in [1.82, 2.24) is 19.5 Å². The van der Waals surface area contributed by atoms with Crippen molar-refractivity contribution in [2.45, 2.75) is 6.92 Å². The van der Waals surface area contributed by atoms with E-state index in [0.717, 1.165) is 30.2 Å². The van der Waals surface area contributed by atoms with Crippen molar-refractivity contribution in [2.75, 3.05) is 43.0 Å². The van der Waals surface area contributed by atoms with Gasteiger partial charge in [0.2, 0.25) is 5.95 Å². The second-order valence-corrected chi connectivity index (χ2v) is 6.00. The molecule has 0 radical (unpaired) electrons. The van der Waals surface area contributed by atoms with Gasteiger partial charge in [0, 0.05) is 43.9 Å². The van der Waals surface area contributed by atoms with Crippen molar-refractivity contribution >= 4 is 23.4 Å². The Bertz CT molecular complexity index is 547. The van der Waals surface area contributed by atoms with E-state index in [9.17, 15) is 0 Å². The zero-order chi connectivity index (χ0) is 13.1. The summed E-state index contributed by atoms with van der Waals surface area (Å²) in [6, 6.07) is 4.05. The van der Waals surface area contributed by atoms with E-state index in [1.54, 1.807) is 0 Å². The lowest BCUT2D eigenvalue weighted by Crippen LogP contribution is -2.36. The summed E-state index contributed by atoms with van der Waals surface area (Å²) in [6.45, 7) is 6.42. The topological polar surface area (TPSA) is 45.5 Å². The molecule has 102 valence electrons. The molecule has 6 heteroatoms. The lowest BCUT2D eigenvalue weighted by molar-refractivity contribution is 0.314. The molecule has 0 saturated carbocycles. The molecule has 2 aromatic heterocycles. The van der Waals surface area contributed by atoms with Crippen LogP contribution in [0.25, 0.3) is 5.65 Å². The third-order valence-corrected chi connectivity index (χ3v) is 4.31. The molecule has 3 rings (SSSR count). The summed E-state index contributed by atoms with van der Waals surface area (Å²) in [5.41, 5.74) is 2.08. The molecule has 1 fully saturated rings. The normalized spacial score (nSPS) is 16.9. The van der Waals surface area contributed by atoms with Crippen LogP contribution in [-0.4, -0.2) is 57.2 Å². The van der Waals surface area contributed by atoms with Crippen molar-refractivity contribution < 1.29 is 0 Å². The van der Waals surface area contributed by atoms with Gasteiger partial charge in [-0.25, -0.2) is 4.52 Å². The fourth-order valence-electron chi connectivity index (χ4n) is 2.27. The number of aromatic nitrogens is 3. The van der Waals surface area contributed by atoms with Crippen LogP contribution in [0.3, 0.4) is 0 Å². The minimum atomic E-state index is 0.723. The molecule has 3 heterocycles. The Morgan fingerprint density at radius 2 is 2.21 bits per heavy atom. The van der Waals surface area contributed by atoms with E-state index < -0.39 is 0 Å². The second kappa shape index (κ2) is 5.79. The van der Waals surface area contributed by atoms with Crippen molar-refractivity contribution in [1.29, 1.82) is 0 Å². The van der Waals surface area contributed by atoms with E-state index >= 15 is 0 Å². The molecule has 0 unspecified atom stereocenters. The third-order valence-electron chi connectivity index (χ3n) is 3.37. The number of hydrogen-bond donors (Lipinski definition) is 1. The predicted molar refractivity (Wildman–Crippen MR) is 80.0 cm³/mol. The van der Waals surface area contributed by atoms with E-state index in [1.807, 2.05) is 28.5 Å². The fourth-order valence-corrected chi connectivity index (χ4v) is 3.24. The molecule has 0 amide bonds.